The summed E-state index contributed by atoms with van der Waals surface area (Å²) in [6.45, 7) is 4.80. The third kappa shape index (κ3) is 5.16. The SMILES string of the molecule is Cc1ccc(N(CCC(=O)N2CCCC(O)C2)S(=O)(=O)c2ccc(C)cc2)cc1. The number of aliphatic hydroxyl groups is 1. The molecule has 0 bridgehead atoms. The van der Waals surface area contributed by atoms with Crippen molar-refractivity contribution in [1.29, 1.82) is 0 Å². The summed E-state index contributed by atoms with van der Waals surface area (Å²) >= 11 is 0. The molecule has 1 amide bonds. The van der Waals surface area contributed by atoms with E-state index in [4.69, 9.17) is 0 Å². The minimum absolute atomic E-state index is 0.0463. The number of aryl methyl sites for hydroxylation is 2. The summed E-state index contributed by atoms with van der Waals surface area (Å²) in [5, 5.41) is 9.81. The van der Waals surface area contributed by atoms with Gasteiger partial charge < -0.3 is 10.0 Å². The van der Waals surface area contributed by atoms with Crippen LogP contribution in [0.15, 0.2) is 53.4 Å². The van der Waals surface area contributed by atoms with Crippen LogP contribution in [0, 0.1) is 13.8 Å². The van der Waals surface area contributed by atoms with Gasteiger partial charge in [0.25, 0.3) is 10.0 Å². The van der Waals surface area contributed by atoms with Gasteiger partial charge in [0.05, 0.1) is 16.7 Å². The zero-order chi connectivity index (χ0) is 21.0. The van der Waals surface area contributed by atoms with Crippen LogP contribution in [-0.4, -0.2) is 50.1 Å². The van der Waals surface area contributed by atoms with Crippen LogP contribution in [0.3, 0.4) is 0 Å². The number of aliphatic hydroxyl groups excluding tert-OH is 1. The first-order valence-electron chi connectivity index (χ1n) is 9.89. The Bertz CT molecular complexity index is 940. The first kappa shape index (κ1) is 21.3. The lowest BCUT2D eigenvalue weighted by molar-refractivity contribution is -0.133. The Morgan fingerprint density at radius 3 is 2.24 bits per heavy atom. The minimum atomic E-state index is -3.81. The Morgan fingerprint density at radius 2 is 1.66 bits per heavy atom. The van der Waals surface area contributed by atoms with Gasteiger partial charge in [-0.3, -0.25) is 9.10 Å². The highest BCUT2D eigenvalue weighted by Crippen LogP contribution is 2.25. The predicted molar refractivity (Wildman–Crippen MR) is 113 cm³/mol. The normalized spacial score (nSPS) is 17.2. The number of hydrogen-bond acceptors (Lipinski definition) is 4. The first-order chi connectivity index (χ1) is 13.8. The molecule has 1 aliphatic heterocycles. The van der Waals surface area contributed by atoms with Crippen molar-refractivity contribution in [2.45, 2.75) is 44.1 Å². The Labute approximate surface area is 172 Å². The number of hydrogen-bond donors (Lipinski definition) is 1. The van der Waals surface area contributed by atoms with Crippen molar-refractivity contribution in [3.63, 3.8) is 0 Å². The second-order valence-corrected chi connectivity index (χ2v) is 9.47. The molecule has 1 aliphatic rings. The highest BCUT2D eigenvalue weighted by Gasteiger charge is 2.27. The third-order valence-corrected chi connectivity index (χ3v) is 7.05. The highest BCUT2D eigenvalue weighted by molar-refractivity contribution is 7.92. The van der Waals surface area contributed by atoms with E-state index in [0.717, 1.165) is 17.5 Å². The maximum atomic E-state index is 13.3. The molecule has 0 aliphatic carbocycles. The molecule has 1 fully saturated rings. The number of benzene rings is 2. The average Bonchev–Trinajstić information content (AvgIpc) is 2.69. The molecule has 0 spiro atoms. The molecule has 1 heterocycles. The maximum Gasteiger partial charge on any atom is 0.264 e. The van der Waals surface area contributed by atoms with E-state index in [-0.39, 0.29) is 23.8 Å². The number of rotatable bonds is 6. The molecular formula is C22H28N2O4S. The molecule has 1 unspecified atom stereocenters. The summed E-state index contributed by atoms with van der Waals surface area (Å²) in [6, 6.07) is 13.9. The van der Waals surface area contributed by atoms with Gasteiger partial charge in [-0.2, -0.15) is 0 Å². The highest BCUT2D eigenvalue weighted by atomic mass is 32.2. The smallest absolute Gasteiger partial charge is 0.264 e. The van der Waals surface area contributed by atoms with E-state index in [2.05, 4.69) is 0 Å². The fraction of sp³-hybridized carbons (Fsp3) is 0.409. The molecule has 1 N–H and O–H groups in total. The van der Waals surface area contributed by atoms with Gasteiger partial charge in [-0.25, -0.2) is 8.42 Å². The third-order valence-electron chi connectivity index (χ3n) is 5.21. The Hall–Kier alpha value is -2.38. The van der Waals surface area contributed by atoms with Gasteiger partial charge >= 0.3 is 0 Å². The number of nitrogens with zero attached hydrogens (tertiary/aromatic N) is 2. The van der Waals surface area contributed by atoms with Crippen LogP contribution in [-0.2, 0) is 14.8 Å². The number of amides is 1. The van der Waals surface area contributed by atoms with Gasteiger partial charge in [0, 0.05) is 26.1 Å². The number of likely N-dealkylation sites (tertiary alicyclic amines) is 1. The largest absolute Gasteiger partial charge is 0.391 e. The quantitative estimate of drug-likeness (QED) is 0.785. The summed E-state index contributed by atoms with van der Waals surface area (Å²) in [5.41, 5.74) is 2.53. The molecule has 1 atom stereocenters. The molecular weight excluding hydrogens is 388 g/mol. The molecule has 6 nitrogen and oxygen atoms in total. The van der Waals surface area contributed by atoms with E-state index in [1.165, 1.54) is 4.31 Å². The molecule has 0 saturated carbocycles. The van der Waals surface area contributed by atoms with Gasteiger partial charge in [-0.05, 0) is 51.0 Å². The van der Waals surface area contributed by atoms with Crippen molar-refractivity contribution < 1.29 is 18.3 Å². The second-order valence-electron chi connectivity index (χ2n) is 7.61. The van der Waals surface area contributed by atoms with E-state index in [9.17, 15) is 18.3 Å². The monoisotopic (exact) mass is 416 g/mol. The zero-order valence-corrected chi connectivity index (χ0v) is 17.7. The summed E-state index contributed by atoms with van der Waals surface area (Å²) in [4.78, 5) is 14.5. The summed E-state index contributed by atoms with van der Waals surface area (Å²) in [5.74, 6) is -0.139. The molecule has 0 radical (unpaired) electrons. The number of carbonyl (C=O) groups is 1. The van der Waals surface area contributed by atoms with Gasteiger partial charge in [-0.15, -0.1) is 0 Å². The molecule has 29 heavy (non-hydrogen) atoms. The van der Waals surface area contributed by atoms with Crippen LogP contribution in [0.4, 0.5) is 5.69 Å². The molecule has 2 aromatic rings. The van der Waals surface area contributed by atoms with Gasteiger partial charge in [0.15, 0.2) is 0 Å². The number of sulfonamides is 1. The Balaban J connectivity index is 1.84. The molecule has 2 aromatic carbocycles. The van der Waals surface area contributed by atoms with Crippen LogP contribution < -0.4 is 4.31 Å². The number of piperidine rings is 1. The van der Waals surface area contributed by atoms with Gasteiger partial charge in [-0.1, -0.05) is 35.4 Å². The average molecular weight is 417 g/mol. The van der Waals surface area contributed by atoms with Crippen molar-refractivity contribution in [1.82, 2.24) is 4.90 Å². The molecule has 7 heteroatoms. The van der Waals surface area contributed by atoms with Crippen LogP contribution in [0.25, 0.3) is 0 Å². The van der Waals surface area contributed by atoms with Crippen molar-refractivity contribution in [3.8, 4) is 0 Å². The first-order valence-corrected chi connectivity index (χ1v) is 11.3. The van der Waals surface area contributed by atoms with E-state index in [0.29, 0.717) is 25.2 Å². The molecule has 1 saturated heterocycles. The topological polar surface area (TPSA) is 77.9 Å². The second kappa shape index (κ2) is 8.97. The van der Waals surface area contributed by atoms with E-state index < -0.39 is 16.1 Å². The Morgan fingerprint density at radius 1 is 1.07 bits per heavy atom. The number of β-amino-alcohol motifs (C(OH)–C–C–N with tert-alkyl or cyclic N) is 1. The lowest BCUT2D eigenvalue weighted by Gasteiger charge is -2.31. The van der Waals surface area contributed by atoms with Crippen LogP contribution >= 0.6 is 0 Å². The fourth-order valence-electron chi connectivity index (χ4n) is 3.47. The maximum absolute atomic E-state index is 13.3. The molecule has 0 aromatic heterocycles. The zero-order valence-electron chi connectivity index (χ0n) is 16.9. The van der Waals surface area contributed by atoms with Crippen LogP contribution in [0.5, 0.6) is 0 Å². The van der Waals surface area contributed by atoms with Crippen molar-refractivity contribution in [3.05, 3.63) is 59.7 Å². The summed E-state index contributed by atoms with van der Waals surface area (Å²) in [7, 11) is -3.81. The minimum Gasteiger partial charge on any atom is -0.391 e. The fourth-order valence-corrected chi connectivity index (χ4v) is 4.94. The van der Waals surface area contributed by atoms with E-state index >= 15 is 0 Å². The number of anilines is 1. The standard InChI is InChI=1S/C22H28N2O4S/c1-17-5-9-19(10-6-17)24(29(27,28)21-11-7-18(2)8-12-21)15-13-22(26)23-14-3-4-20(25)16-23/h5-12,20,25H,3-4,13-16H2,1-2H3. The number of carbonyl (C=O) groups excluding carboxylic acids is 1. The van der Waals surface area contributed by atoms with Gasteiger partial charge in [0.2, 0.25) is 5.91 Å². The van der Waals surface area contributed by atoms with Crippen LogP contribution in [0.1, 0.15) is 30.4 Å². The van der Waals surface area contributed by atoms with Gasteiger partial charge in [0.1, 0.15) is 0 Å². The predicted octanol–water partition coefficient (Wildman–Crippen LogP) is 2.87. The lowest BCUT2D eigenvalue weighted by Crippen LogP contribution is -2.43. The van der Waals surface area contributed by atoms with Crippen LogP contribution in [0.2, 0.25) is 0 Å². The summed E-state index contributed by atoms with van der Waals surface area (Å²) in [6.07, 6.45) is 1.01. The van der Waals surface area contributed by atoms with Crippen molar-refractivity contribution in [2.24, 2.45) is 0 Å². The van der Waals surface area contributed by atoms with Crippen molar-refractivity contribution in [2.75, 3.05) is 23.9 Å². The summed E-state index contributed by atoms with van der Waals surface area (Å²) < 4.78 is 28.0. The Kier molecular flexibility index (Phi) is 6.59. The molecule has 156 valence electrons. The van der Waals surface area contributed by atoms with Crippen molar-refractivity contribution >= 4 is 21.6 Å². The van der Waals surface area contributed by atoms with E-state index in [1.54, 1.807) is 41.3 Å². The molecule has 3 rings (SSSR count). The van der Waals surface area contributed by atoms with E-state index in [1.807, 2.05) is 26.0 Å². The lowest BCUT2D eigenvalue weighted by atomic mass is 10.1.